The summed E-state index contributed by atoms with van der Waals surface area (Å²) in [5, 5.41) is 20.4. The molecule has 210 valence electrons. The van der Waals surface area contributed by atoms with Crippen LogP contribution in [0.25, 0.3) is 0 Å². The first kappa shape index (κ1) is 29.0. The lowest BCUT2D eigenvalue weighted by atomic mass is 10.00. The number of sulfonamides is 1. The van der Waals surface area contributed by atoms with Gasteiger partial charge in [0.15, 0.2) is 0 Å². The molecule has 39 heavy (non-hydrogen) atoms. The van der Waals surface area contributed by atoms with Crippen molar-refractivity contribution in [3.05, 3.63) is 53.5 Å². The Bertz CT molecular complexity index is 1370. The maximum Gasteiger partial charge on any atom is 0.259 e. The largest absolute Gasteiger partial charge is 0.472 e. The normalized spacial score (nSPS) is 21.8. The van der Waals surface area contributed by atoms with E-state index in [4.69, 9.17) is 4.74 Å². The van der Waals surface area contributed by atoms with Crippen molar-refractivity contribution < 1.29 is 32.6 Å². The van der Waals surface area contributed by atoms with Crippen molar-refractivity contribution in [1.29, 1.82) is 0 Å². The number of pyridine rings is 1. The van der Waals surface area contributed by atoms with Gasteiger partial charge >= 0.3 is 0 Å². The Balaban J connectivity index is 1.66. The maximum absolute atomic E-state index is 13.6. The summed E-state index contributed by atoms with van der Waals surface area (Å²) in [6, 6.07) is 5.62. The van der Waals surface area contributed by atoms with Gasteiger partial charge in [-0.25, -0.2) is 17.8 Å². The van der Waals surface area contributed by atoms with Crippen LogP contribution in [0.5, 0.6) is 5.88 Å². The number of aliphatic hydroxyl groups is 2. The maximum atomic E-state index is 13.6. The number of likely N-dealkylation sites (N-methyl/N-ethyl adjacent to an activating group) is 1. The number of halogens is 1. The van der Waals surface area contributed by atoms with Crippen molar-refractivity contribution in [3.63, 3.8) is 0 Å². The lowest BCUT2D eigenvalue weighted by Crippen LogP contribution is -2.50. The van der Waals surface area contributed by atoms with Gasteiger partial charge < -0.3 is 19.8 Å². The van der Waals surface area contributed by atoms with Gasteiger partial charge in [0, 0.05) is 31.3 Å². The van der Waals surface area contributed by atoms with Crippen LogP contribution in [0.1, 0.15) is 55.5 Å². The van der Waals surface area contributed by atoms with Crippen molar-refractivity contribution in [2.75, 3.05) is 26.7 Å². The Morgan fingerprint density at radius 2 is 1.95 bits per heavy atom. The van der Waals surface area contributed by atoms with Crippen molar-refractivity contribution in [2.24, 2.45) is 5.92 Å². The number of aromatic nitrogens is 1. The molecule has 1 aliphatic carbocycles. The van der Waals surface area contributed by atoms with Crippen LogP contribution in [-0.2, 0) is 10.0 Å². The Kier molecular flexibility index (Phi) is 8.61. The van der Waals surface area contributed by atoms with Gasteiger partial charge in [-0.2, -0.15) is 4.31 Å². The molecule has 9 nitrogen and oxygen atoms in total. The molecule has 0 spiro atoms. The summed E-state index contributed by atoms with van der Waals surface area (Å²) in [5.41, 5.74) is -0.478. The number of fused-ring (bicyclic) bond motifs is 1. The number of hydrogen-bond acceptors (Lipinski definition) is 7. The van der Waals surface area contributed by atoms with E-state index >= 15 is 0 Å². The first-order valence-corrected chi connectivity index (χ1v) is 14.4. The second kappa shape index (κ2) is 11.6. The van der Waals surface area contributed by atoms with Crippen LogP contribution >= 0.6 is 0 Å². The third-order valence-electron chi connectivity index (χ3n) is 7.35. The summed E-state index contributed by atoms with van der Waals surface area (Å²) < 4.78 is 46.9. The minimum Gasteiger partial charge on any atom is -0.472 e. The number of nitrogens with zero attached hydrogens (tertiary/aromatic N) is 3. The number of carbonyl (C=O) groups excluding carboxylic acids is 1. The average molecular weight is 560 g/mol. The van der Waals surface area contributed by atoms with E-state index in [1.807, 2.05) is 6.92 Å². The molecule has 0 unspecified atom stereocenters. The van der Waals surface area contributed by atoms with Gasteiger partial charge in [0.25, 0.3) is 5.91 Å². The third kappa shape index (κ3) is 6.41. The monoisotopic (exact) mass is 559 g/mol. The molecule has 1 fully saturated rings. The van der Waals surface area contributed by atoms with E-state index in [-0.39, 0.29) is 47.9 Å². The SMILES string of the molecule is C[C@H](CO)N1C[C@H](C)[C@H](CN(C)S(=O)(=O)c2ccc(F)cc2)Oc2ncc(C#CC3(O)CCCC3)cc2C1=O. The topological polar surface area (TPSA) is 120 Å². The molecule has 1 aromatic heterocycles. The van der Waals surface area contributed by atoms with Crippen LogP contribution in [0.15, 0.2) is 41.4 Å². The molecule has 1 aromatic carbocycles. The van der Waals surface area contributed by atoms with E-state index in [0.29, 0.717) is 18.4 Å². The predicted molar refractivity (Wildman–Crippen MR) is 142 cm³/mol. The van der Waals surface area contributed by atoms with Crippen LogP contribution in [0.4, 0.5) is 4.39 Å². The molecule has 2 N–H and O–H groups in total. The van der Waals surface area contributed by atoms with Gasteiger partial charge in [0.05, 0.1) is 24.1 Å². The number of amides is 1. The van der Waals surface area contributed by atoms with Crippen LogP contribution in [0.3, 0.4) is 0 Å². The highest BCUT2D eigenvalue weighted by atomic mass is 32.2. The van der Waals surface area contributed by atoms with Gasteiger partial charge in [-0.1, -0.05) is 18.8 Å². The van der Waals surface area contributed by atoms with E-state index in [1.165, 1.54) is 30.3 Å². The van der Waals surface area contributed by atoms with Gasteiger partial charge in [0.2, 0.25) is 15.9 Å². The summed E-state index contributed by atoms with van der Waals surface area (Å²) >= 11 is 0. The molecule has 2 aliphatic rings. The lowest BCUT2D eigenvalue weighted by molar-refractivity contribution is 0.0373. The molecule has 0 saturated heterocycles. The number of benzene rings is 1. The van der Waals surface area contributed by atoms with E-state index in [2.05, 4.69) is 16.8 Å². The summed E-state index contributed by atoms with van der Waals surface area (Å²) in [6.07, 6.45) is 3.75. The van der Waals surface area contributed by atoms with Gasteiger partial charge in [0.1, 0.15) is 23.1 Å². The lowest BCUT2D eigenvalue weighted by Gasteiger charge is -2.37. The van der Waals surface area contributed by atoms with Crippen molar-refractivity contribution >= 4 is 15.9 Å². The quantitative estimate of drug-likeness (QED) is 0.522. The molecular formula is C28H34FN3O6S. The number of hydrogen-bond donors (Lipinski definition) is 2. The van der Waals surface area contributed by atoms with Crippen LogP contribution in [0, 0.1) is 23.6 Å². The zero-order chi connectivity index (χ0) is 28.4. The van der Waals surface area contributed by atoms with E-state index in [1.54, 1.807) is 13.0 Å². The number of carbonyl (C=O) groups is 1. The second-order valence-corrected chi connectivity index (χ2v) is 12.5. The molecule has 3 atom stereocenters. The molecule has 2 heterocycles. The number of aliphatic hydroxyl groups excluding tert-OH is 1. The Morgan fingerprint density at radius 1 is 1.28 bits per heavy atom. The summed E-state index contributed by atoms with van der Waals surface area (Å²) in [6.45, 7) is 3.43. The molecule has 2 aromatic rings. The smallest absolute Gasteiger partial charge is 0.259 e. The fourth-order valence-electron chi connectivity index (χ4n) is 4.80. The minimum atomic E-state index is -3.95. The first-order valence-electron chi connectivity index (χ1n) is 13.0. The van der Waals surface area contributed by atoms with Crippen molar-refractivity contribution in [3.8, 4) is 17.7 Å². The standard InChI is InChI=1S/C28H34FN3O6S/c1-19-16-32(20(2)18-33)27(34)24-14-21(10-13-28(35)11-4-5-12-28)15-30-26(24)38-25(19)17-31(3)39(36,37)23-8-6-22(29)7-9-23/h6-9,14-15,19-20,25,33,35H,4-5,11-12,16-18H2,1-3H3/t19-,20+,25-/m0/s1. The predicted octanol–water partition coefficient (Wildman–Crippen LogP) is 2.42. The minimum absolute atomic E-state index is 0.0319. The number of ether oxygens (including phenoxy) is 1. The highest BCUT2D eigenvalue weighted by molar-refractivity contribution is 7.89. The van der Waals surface area contributed by atoms with Crippen LogP contribution in [-0.4, -0.2) is 83.2 Å². The Morgan fingerprint density at radius 3 is 2.59 bits per heavy atom. The fraction of sp³-hybridized carbons (Fsp3) is 0.500. The zero-order valence-corrected chi connectivity index (χ0v) is 23.1. The van der Waals surface area contributed by atoms with E-state index in [9.17, 15) is 27.8 Å². The Hall–Kier alpha value is -3.04. The summed E-state index contributed by atoms with van der Waals surface area (Å²) in [7, 11) is -2.54. The highest BCUT2D eigenvalue weighted by Crippen LogP contribution is 2.30. The number of rotatable bonds is 6. The molecule has 4 rings (SSSR count). The van der Waals surface area contributed by atoms with Gasteiger partial charge in [-0.05, 0) is 62.9 Å². The molecule has 1 aliphatic heterocycles. The van der Waals surface area contributed by atoms with Crippen molar-refractivity contribution in [1.82, 2.24) is 14.2 Å². The van der Waals surface area contributed by atoms with Gasteiger partial charge in [-0.3, -0.25) is 4.79 Å². The van der Waals surface area contributed by atoms with Gasteiger partial charge in [-0.15, -0.1) is 0 Å². The molecule has 1 saturated carbocycles. The Labute approximate surface area is 228 Å². The van der Waals surface area contributed by atoms with Crippen LogP contribution in [0.2, 0.25) is 0 Å². The summed E-state index contributed by atoms with van der Waals surface area (Å²) in [4.78, 5) is 19.4. The van der Waals surface area contributed by atoms with E-state index < -0.39 is 33.6 Å². The third-order valence-corrected chi connectivity index (χ3v) is 9.19. The zero-order valence-electron chi connectivity index (χ0n) is 22.3. The molecule has 0 radical (unpaired) electrons. The van der Waals surface area contributed by atoms with Crippen LogP contribution < -0.4 is 4.74 Å². The fourth-order valence-corrected chi connectivity index (χ4v) is 5.98. The van der Waals surface area contributed by atoms with Crippen molar-refractivity contribution in [2.45, 2.75) is 62.2 Å². The molecular weight excluding hydrogens is 525 g/mol. The molecule has 11 heteroatoms. The first-order chi connectivity index (χ1) is 18.4. The average Bonchev–Trinajstić information content (AvgIpc) is 3.35. The molecule has 1 amide bonds. The molecule has 0 bridgehead atoms. The second-order valence-electron chi connectivity index (χ2n) is 10.4. The highest BCUT2D eigenvalue weighted by Gasteiger charge is 2.36. The van der Waals surface area contributed by atoms with E-state index in [0.717, 1.165) is 29.3 Å². The summed E-state index contributed by atoms with van der Waals surface area (Å²) in [5.74, 6) is 4.61.